The highest BCUT2D eigenvalue weighted by Gasteiger charge is 2.31. The lowest BCUT2D eigenvalue weighted by Gasteiger charge is -2.35. The molecule has 3 rings (SSSR count). The topological polar surface area (TPSA) is 66.9 Å². The summed E-state index contributed by atoms with van der Waals surface area (Å²) in [7, 11) is -3.53. The predicted molar refractivity (Wildman–Crippen MR) is 108 cm³/mol. The minimum Gasteiger partial charge on any atom is -0.481 e. The summed E-state index contributed by atoms with van der Waals surface area (Å²) in [5, 5.41) is 0. The molecule has 1 fully saturated rings. The van der Waals surface area contributed by atoms with Gasteiger partial charge in [0.15, 0.2) is 6.10 Å². The zero-order chi connectivity index (χ0) is 20.3. The number of sulfonamides is 1. The van der Waals surface area contributed by atoms with Crippen LogP contribution in [0.15, 0.2) is 53.4 Å². The summed E-state index contributed by atoms with van der Waals surface area (Å²) in [6.07, 6.45) is -0.626. The maximum Gasteiger partial charge on any atom is 0.263 e. The van der Waals surface area contributed by atoms with Crippen LogP contribution in [0.25, 0.3) is 0 Å². The van der Waals surface area contributed by atoms with Crippen molar-refractivity contribution in [3.8, 4) is 5.75 Å². The first-order chi connectivity index (χ1) is 13.3. The first kappa shape index (κ1) is 20.4. The molecule has 2 aromatic carbocycles. The highest BCUT2D eigenvalue weighted by molar-refractivity contribution is 7.89. The summed E-state index contributed by atoms with van der Waals surface area (Å²) in [5.74, 6) is 0.541. The molecule has 0 radical (unpaired) electrons. The molecule has 0 bridgehead atoms. The van der Waals surface area contributed by atoms with Crippen LogP contribution in [0, 0.1) is 13.8 Å². The Bertz CT molecular complexity index is 916. The average molecular weight is 403 g/mol. The van der Waals surface area contributed by atoms with E-state index in [1.54, 1.807) is 42.2 Å². The molecule has 0 N–H and O–H groups in total. The van der Waals surface area contributed by atoms with E-state index in [1.165, 1.54) is 4.31 Å². The fourth-order valence-electron chi connectivity index (χ4n) is 3.40. The molecule has 1 aliphatic heterocycles. The second-order valence-corrected chi connectivity index (χ2v) is 9.06. The van der Waals surface area contributed by atoms with Crippen molar-refractivity contribution in [1.29, 1.82) is 0 Å². The molecule has 0 aromatic heterocycles. The Morgan fingerprint density at radius 1 is 0.964 bits per heavy atom. The predicted octanol–water partition coefficient (Wildman–Crippen LogP) is 2.60. The van der Waals surface area contributed by atoms with Crippen molar-refractivity contribution in [2.45, 2.75) is 31.8 Å². The van der Waals surface area contributed by atoms with Gasteiger partial charge in [0.05, 0.1) is 4.90 Å². The van der Waals surface area contributed by atoms with Gasteiger partial charge in [-0.15, -0.1) is 0 Å². The van der Waals surface area contributed by atoms with E-state index < -0.39 is 16.1 Å². The van der Waals surface area contributed by atoms with Crippen LogP contribution in [0.4, 0.5) is 0 Å². The number of ether oxygens (including phenoxy) is 1. The molecule has 1 atom stereocenters. The van der Waals surface area contributed by atoms with Gasteiger partial charge in [-0.2, -0.15) is 4.31 Å². The van der Waals surface area contributed by atoms with E-state index in [4.69, 9.17) is 4.74 Å². The Labute approximate surface area is 166 Å². The van der Waals surface area contributed by atoms with Crippen molar-refractivity contribution in [2.75, 3.05) is 26.2 Å². The van der Waals surface area contributed by atoms with Gasteiger partial charge in [-0.3, -0.25) is 4.79 Å². The molecule has 7 heteroatoms. The van der Waals surface area contributed by atoms with Crippen molar-refractivity contribution >= 4 is 15.9 Å². The number of benzene rings is 2. The Kier molecular flexibility index (Phi) is 6.05. The van der Waals surface area contributed by atoms with Gasteiger partial charge in [-0.05, 0) is 56.2 Å². The molecular formula is C21H26N2O4S. The minimum absolute atomic E-state index is 0.129. The molecule has 0 unspecified atom stereocenters. The number of rotatable bonds is 5. The number of carbonyl (C=O) groups is 1. The summed E-state index contributed by atoms with van der Waals surface area (Å²) in [5.41, 5.74) is 2.16. The second-order valence-electron chi connectivity index (χ2n) is 7.13. The molecule has 150 valence electrons. The minimum atomic E-state index is -3.53. The largest absolute Gasteiger partial charge is 0.481 e. The van der Waals surface area contributed by atoms with Crippen molar-refractivity contribution in [1.82, 2.24) is 9.21 Å². The summed E-state index contributed by atoms with van der Waals surface area (Å²) < 4.78 is 32.7. The standard InChI is InChI=1S/C21H26N2O4S/c1-16-13-17(2)15-19(14-16)27-18(3)21(24)22-9-11-23(12-10-22)28(25,26)20-7-5-4-6-8-20/h4-8,13-15,18H,9-12H2,1-3H3/t18-/m0/s1. The third-order valence-corrected chi connectivity index (χ3v) is 6.70. The van der Waals surface area contributed by atoms with Crippen molar-refractivity contribution < 1.29 is 17.9 Å². The zero-order valence-electron chi connectivity index (χ0n) is 16.5. The molecule has 1 aliphatic rings. The van der Waals surface area contributed by atoms with Crippen LogP contribution in [0.1, 0.15) is 18.1 Å². The van der Waals surface area contributed by atoms with E-state index in [9.17, 15) is 13.2 Å². The lowest BCUT2D eigenvalue weighted by molar-refractivity contribution is -0.139. The highest BCUT2D eigenvalue weighted by Crippen LogP contribution is 2.20. The molecule has 1 saturated heterocycles. The van der Waals surface area contributed by atoms with Crippen LogP contribution in [0.2, 0.25) is 0 Å². The maximum atomic E-state index is 12.7. The van der Waals surface area contributed by atoms with E-state index in [0.29, 0.717) is 18.8 Å². The van der Waals surface area contributed by atoms with Crippen LogP contribution < -0.4 is 4.74 Å². The highest BCUT2D eigenvalue weighted by atomic mass is 32.2. The van der Waals surface area contributed by atoms with Crippen LogP contribution in [-0.4, -0.2) is 55.8 Å². The Morgan fingerprint density at radius 3 is 2.11 bits per heavy atom. The zero-order valence-corrected chi connectivity index (χ0v) is 17.3. The van der Waals surface area contributed by atoms with Gasteiger partial charge in [0.1, 0.15) is 5.75 Å². The Hall–Kier alpha value is -2.38. The van der Waals surface area contributed by atoms with Gasteiger partial charge in [-0.1, -0.05) is 24.3 Å². The molecule has 1 heterocycles. The fraction of sp³-hybridized carbons (Fsp3) is 0.381. The van der Waals surface area contributed by atoms with E-state index >= 15 is 0 Å². The summed E-state index contributed by atoms with van der Waals surface area (Å²) in [4.78, 5) is 14.7. The van der Waals surface area contributed by atoms with Gasteiger partial charge in [0.2, 0.25) is 10.0 Å². The van der Waals surface area contributed by atoms with Crippen LogP contribution in [0.5, 0.6) is 5.75 Å². The smallest absolute Gasteiger partial charge is 0.263 e. The molecule has 1 amide bonds. The maximum absolute atomic E-state index is 12.7. The first-order valence-electron chi connectivity index (χ1n) is 9.36. The van der Waals surface area contributed by atoms with E-state index in [1.807, 2.05) is 32.0 Å². The molecule has 0 saturated carbocycles. The van der Waals surface area contributed by atoms with Gasteiger partial charge in [0, 0.05) is 26.2 Å². The normalized spacial score (nSPS) is 16.6. The number of amides is 1. The number of carbonyl (C=O) groups excluding carboxylic acids is 1. The molecule has 2 aromatic rings. The Morgan fingerprint density at radius 2 is 1.54 bits per heavy atom. The summed E-state index contributed by atoms with van der Waals surface area (Å²) in [6.45, 7) is 6.96. The van der Waals surface area contributed by atoms with Crippen molar-refractivity contribution in [3.63, 3.8) is 0 Å². The average Bonchev–Trinajstić information content (AvgIpc) is 2.67. The number of nitrogens with zero attached hydrogens (tertiary/aromatic N) is 2. The van der Waals surface area contributed by atoms with Gasteiger partial charge in [-0.25, -0.2) is 8.42 Å². The second kappa shape index (κ2) is 8.32. The molecular weight excluding hydrogens is 376 g/mol. The van der Waals surface area contributed by atoms with Gasteiger partial charge >= 0.3 is 0 Å². The molecule has 0 spiro atoms. The fourth-order valence-corrected chi connectivity index (χ4v) is 4.85. The van der Waals surface area contributed by atoms with Crippen molar-refractivity contribution in [3.05, 3.63) is 59.7 Å². The third kappa shape index (κ3) is 4.54. The molecule has 28 heavy (non-hydrogen) atoms. The lowest BCUT2D eigenvalue weighted by Crippen LogP contribution is -2.53. The van der Waals surface area contributed by atoms with Crippen LogP contribution in [0.3, 0.4) is 0 Å². The lowest BCUT2D eigenvalue weighted by atomic mass is 10.1. The van der Waals surface area contributed by atoms with E-state index in [-0.39, 0.29) is 23.9 Å². The van der Waals surface area contributed by atoms with Crippen LogP contribution in [-0.2, 0) is 14.8 Å². The van der Waals surface area contributed by atoms with Crippen molar-refractivity contribution in [2.24, 2.45) is 0 Å². The van der Waals surface area contributed by atoms with Crippen LogP contribution >= 0.6 is 0 Å². The quantitative estimate of drug-likeness (QED) is 0.771. The van der Waals surface area contributed by atoms with E-state index in [0.717, 1.165) is 11.1 Å². The number of piperazine rings is 1. The monoisotopic (exact) mass is 402 g/mol. The van der Waals surface area contributed by atoms with Gasteiger partial charge in [0.25, 0.3) is 5.91 Å². The summed E-state index contributed by atoms with van der Waals surface area (Å²) in [6, 6.07) is 14.2. The SMILES string of the molecule is Cc1cc(C)cc(O[C@@H](C)C(=O)N2CCN(S(=O)(=O)c3ccccc3)CC2)c1. The van der Waals surface area contributed by atoms with Gasteiger partial charge < -0.3 is 9.64 Å². The number of aryl methyl sites for hydroxylation is 2. The number of hydrogen-bond acceptors (Lipinski definition) is 4. The third-order valence-electron chi connectivity index (χ3n) is 4.79. The van der Waals surface area contributed by atoms with E-state index in [2.05, 4.69) is 0 Å². The molecule has 6 nitrogen and oxygen atoms in total. The first-order valence-corrected chi connectivity index (χ1v) is 10.8. The molecule has 0 aliphatic carbocycles. The number of hydrogen-bond donors (Lipinski definition) is 0. The summed E-state index contributed by atoms with van der Waals surface area (Å²) >= 11 is 0. The Balaban J connectivity index is 1.60.